The number of ether oxygens (including phenoxy) is 2. The Balaban J connectivity index is 1.65. The number of nitrogens with one attached hydrogen (secondary N) is 1. The molecule has 0 aliphatic carbocycles. The Morgan fingerprint density at radius 1 is 1.21 bits per heavy atom. The van der Waals surface area contributed by atoms with Crippen molar-refractivity contribution in [2.24, 2.45) is 0 Å². The summed E-state index contributed by atoms with van der Waals surface area (Å²) < 4.78 is 12.6. The topological polar surface area (TPSA) is 30.5 Å². The van der Waals surface area contributed by atoms with E-state index in [9.17, 15) is 0 Å². The van der Waals surface area contributed by atoms with Crippen molar-refractivity contribution < 1.29 is 9.47 Å². The van der Waals surface area contributed by atoms with Crippen molar-refractivity contribution >= 4 is 21.6 Å². The van der Waals surface area contributed by atoms with E-state index >= 15 is 0 Å². The van der Waals surface area contributed by atoms with Gasteiger partial charge in [-0.1, -0.05) is 22.0 Å². The van der Waals surface area contributed by atoms with E-state index in [2.05, 4.69) is 45.5 Å². The van der Waals surface area contributed by atoms with Crippen LogP contribution in [0.2, 0.25) is 0 Å². The fourth-order valence-corrected chi connectivity index (χ4v) is 3.46. The van der Waals surface area contributed by atoms with Crippen LogP contribution in [0.1, 0.15) is 25.7 Å². The van der Waals surface area contributed by atoms with E-state index in [1.54, 1.807) is 0 Å². The van der Waals surface area contributed by atoms with Crippen LogP contribution in [-0.2, 0) is 9.47 Å². The molecule has 1 unspecified atom stereocenters. The molecule has 1 N–H and O–H groups in total. The van der Waals surface area contributed by atoms with E-state index in [-0.39, 0.29) is 5.60 Å². The highest BCUT2D eigenvalue weighted by Crippen LogP contribution is 2.35. The van der Waals surface area contributed by atoms with Gasteiger partial charge in [0, 0.05) is 36.0 Å². The molecule has 3 rings (SSSR count). The van der Waals surface area contributed by atoms with Crippen LogP contribution < -0.4 is 5.32 Å². The quantitative estimate of drug-likeness (QED) is 0.901. The van der Waals surface area contributed by atoms with E-state index in [4.69, 9.17) is 9.47 Å². The first-order valence-electron chi connectivity index (χ1n) is 7.00. The normalized spacial score (nSPS) is 26.3. The molecule has 2 heterocycles. The molecule has 0 radical (unpaired) electrons. The number of rotatable bonds is 2. The molecule has 0 aromatic heterocycles. The molecule has 19 heavy (non-hydrogen) atoms. The Morgan fingerprint density at radius 2 is 2.05 bits per heavy atom. The van der Waals surface area contributed by atoms with Crippen LogP contribution in [0.3, 0.4) is 0 Å². The molecule has 0 bridgehead atoms. The van der Waals surface area contributed by atoms with E-state index in [0.29, 0.717) is 6.04 Å². The summed E-state index contributed by atoms with van der Waals surface area (Å²) in [6.07, 6.45) is 4.23. The van der Waals surface area contributed by atoms with Crippen molar-refractivity contribution in [1.82, 2.24) is 0 Å². The summed E-state index contributed by atoms with van der Waals surface area (Å²) in [4.78, 5) is 0. The molecule has 2 aliphatic rings. The Hall–Kier alpha value is -0.580. The Labute approximate surface area is 122 Å². The monoisotopic (exact) mass is 325 g/mol. The lowest BCUT2D eigenvalue weighted by Crippen LogP contribution is -2.47. The third kappa shape index (κ3) is 3.30. The lowest BCUT2D eigenvalue weighted by atomic mass is 9.84. The van der Waals surface area contributed by atoms with Crippen LogP contribution in [0.4, 0.5) is 5.69 Å². The Bertz CT molecular complexity index is 426. The van der Waals surface area contributed by atoms with Gasteiger partial charge in [0.1, 0.15) is 0 Å². The maximum Gasteiger partial charge on any atom is 0.0745 e. The SMILES string of the molecule is Brc1cccc(NC2CCOC3(CCOCC3)C2)c1. The third-order valence-electron chi connectivity index (χ3n) is 4.09. The van der Waals surface area contributed by atoms with Crippen LogP contribution in [0.25, 0.3) is 0 Å². The zero-order valence-corrected chi connectivity index (χ0v) is 12.6. The van der Waals surface area contributed by atoms with Gasteiger partial charge in [-0.05, 0) is 43.9 Å². The molecular formula is C15H20BrNO2. The maximum atomic E-state index is 6.07. The molecular weight excluding hydrogens is 306 g/mol. The highest BCUT2D eigenvalue weighted by atomic mass is 79.9. The van der Waals surface area contributed by atoms with Crippen molar-refractivity contribution in [2.45, 2.75) is 37.3 Å². The molecule has 1 aromatic rings. The number of hydrogen-bond donors (Lipinski definition) is 1. The van der Waals surface area contributed by atoms with E-state index in [1.165, 1.54) is 5.69 Å². The second-order valence-electron chi connectivity index (χ2n) is 5.49. The number of benzene rings is 1. The zero-order valence-electron chi connectivity index (χ0n) is 11.0. The lowest BCUT2D eigenvalue weighted by Gasteiger charge is -2.43. The summed E-state index contributed by atoms with van der Waals surface area (Å²) in [5, 5.41) is 3.64. The molecule has 2 aliphatic heterocycles. The van der Waals surface area contributed by atoms with Crippen molar-refractivity contribution in [3.05, 3.63) is 28.7 Å². The first kappa shape index (κ1) is 13.4. The highest BCUT2D eigenvalue weighted by molar-refractivity contribution is 9.10. The van der Waals surface area contributed by atoms with Crippen LogP contribution in [0, 0.1) is 0 Å². The third-order valence-corrected chi connectivity index (χ3v) is 4.59. The molecule has 104 valence electrons. The van der Waals surface area contributed by atoms with Gasteiger partial charge in [-0.2, -0.15) is 0 Å². The summed E-state index contributed by atoms with van der Waals surface area (Å²) in [6, 6.07) is 8.87. The number of hydrogen-bond acceptors (Lipinski definition) is 3. The molecule has 2 saturated heterocycles. The summed E-state index contributed by atoms with van der Waals surface area (Å²) in [6.45, 7) is 2.53. The van der Waals surface area contributed by atoms with Gasteiger partial charge in [-0.15, -0.1) is 0 Å². The van der Waals surface area contributed by atoms with Gasteiger partial charge < -0.3 is 14.8 Å². The fraction of sp³-hybridized carbons (Fsp3) is 0.600. The predicted molar refractivity (Wildman–Crippen MR) is 79.5 cm³/mol. The van der Waals surface area contributed by atoms with Gasteiger partial charge in [0.15, 0.2) is 0 Å². The Morgan fingerprint density at radius 3 is 2.84 bits per heavy atom. The van der Waals surface area contributed by atoms with E-state index in [1.807, 2.05) is 0 Å². The van der Waals surface area contributed by atoms with Crippen LogP contribution in [0.15, 0.2) is 28.7 Å². The van der Waals surface area contributed by atoms with Gasteiger partial charge in [0.2, 0.25) is 0 Å². The molecule has 0 saturated carbocycles. The first-order valence-corrected chi connectivity index (χ1v) is 7.79. The molecule has 4 heteroatoms. The van der Waals surface area contributed by atoms with E-state index in [0.717, 1.165) is 50.0 Å². The summed E-state index contributed by atoms with van der Waals surface area (Å²) in [5.41, 5.74) is 1.24. The minimum Gasteiger partial charge on any atom is -0.382 e. The molecule has 1 atom stereocenters. The molecule has 2 fully saturated rings. The first-order chi connectivity index (χ1) is 9.26. The van der Waals surface area contributed by atoms with Crippen molar-refractivity contribution in [3.8, 4) is 0 Å². The van der Waals surface area contributed by atoms with Crippen LogP contribution in [-0.4, -0.2) is 31.5 Å². The lowest BCUT2D eigenvalue weighted by molar-refractivity contribution is -0.135. The van der Waals surface area contributed by atoms with Gasteiger partial charge in [0.25, 0.3) is 0 Å². The second kappa shape index (κ2) is 5.81. The van der Waals surface area contributed by atoms with Gasteiger partial charge >= 0.3 is 0 Å². The van der Waals surface area contributed by atoms with Crippen LogP contribution >= 0.6 is 15.9 Å². The van der Waals surface area contributed by atoms with Crippen LogP contribution in [0.5, 0.6) is 0 Å². The maximum absolute atomic E-state index is 6.07. The molecule has 3 nitrogen and oxygen atoms in total. The largest absolute Gasteiger partial charge is 0.382 e. The molecule has 1 aromatic carbocycles. The number of anilines is 1. The van der Waals surface area contributed by atoms with Crippen molar-refractivity contribution in [1.29, 1.82) is 0 Å². The van der Waals surface area contributed by atoms with Crippen molar-refractivity contribution in [3.63, 3.8) is 0 Å². The van der Waals surface area contributed by atoms with Gasteiger partial charge in [-0.25, -0.2) is 0 Å². The zero-order chi connectivity index (χ0) is 13.1. The minimum absolute atomic E-state index is 0.0557. The van der Waals surface area contributed by atoms with Gasteiger partial charge in [0.05, 0.1) is 5.60 Å². The smallest absolute Gasteiger partial charge is 0.0745 e. The standard InChI is InChI=1S/C15H20BrNO2/c16-12-2-1-3-13(10-12)17-14-4-7-19-15(11-14)5-8-18-9-6-15/h1-3,10,14,17H,4-9,11H2. The molecule has 1 spiro atoms. The summed E-state index contributed by atoms with van der Waals surface area (Å²) in [5.74, 6) is 0. The average molecular weight is 326 g/mol. The second-order valence-corrected chi connectivity index (χ2v) is 6.40. The summed E-state index contributed by atoms with van der Waals surface area (Å²) in [7, 11) is 0. The van der Waals surface area contributed by atoms with Crippen molar-refractivity contribution in [2.75, 3.05) is 25.1 Å². The average Bonchev–Trinajstić information content (AvgIpc) is 2.40. The highest BCUT2D eigenvalue weighted by Gasteiger charge is 2.38. The minimum atomic E-state index is 0.0557. The summed E-state index contributed by atoms with van der Waals surface area (Å²) >= 11 is 3.52. The van der Waals surface area contributed by atoms with E-state index < -0.39 is 0 Å². The molecule has 0 amide bonds. The number of halogens is 1. The Kier molecular flexibility index (Phi) is 4.10. The fourth-order valence-electron chi connectivity index (χ4n) is 3.06. The van der Waals surface area contributed by atoms with Gasteiger partial charge in [-0.3, -0.25) is 0 Å². The predicted octanol–water partition coefficient (Wildman–Crippen LogP) is 3.59.